The molecule has 4 nitrogen and oxygen atoms in total. The van der Waals surface area contributed by atoms with Crippen molar-refractivity contribution in [3.63, 3.8) is 0 Å². The summed E-state index contributed by atoms with van der Waals surface area (Å²) in [5, 5.41) is 4.38. The van der Waals surface area contributed by atoms with Crippen molar-refractivity contribution >= 4 is 34.8 Å². The van der Waals surface area contributed by atoms with Crippen molar-refractivity contribution in [2.75, 3.05) is 11.6 Å². The van der Waals surface area contributed by atoms with Crippen LogP contribution >= 0.6 is 23.1 Å². The fraction of sp³-hybridized carbons (Fsp3) is 0.100. The van der Waals surface area contributed by atoms with Gasteiger partial charge in [0.25, 0.3) is 5.91 Å². The zero-order valence-corrected chi connectivity index (χ0v) is 10.1. The number of carbonyl (C=O) groups is 1. The number of thiazole rings is 1. The fourth-order valence-corrected chi connectivity index (χ4v) is 1.97. The molecule has 0 aliphatic heterocycles. The molecule has 6 heteroatoms. The van der Waals surface area contributed by atoms with E-state index in [9.17, 15) is 4.79 Å². The van der Waals surface area contributed by atoms with Crippen LogP contribution in [0.2, 0.25) is 0 Å². The summed E-state index contributed by atoms with van der Waals surface area (Å²) in [5.74, 6) is 0.307. The Bertz CT molecular complexity index is 467. The maximum atomic E-state index is 11.6. The van der Waals surface area contributed by atoms with Gasteiger partial charge in [-0.2, -0.15) is 0 Å². The number of hydrogen-bond donors (Lipinski definition) is 1. The zero-order chi connectivity index (χ0) is 11.4. The molecule has 0 bridgehead atoms. The predicted molar refractivity (Wildman–Crippen MR) is 66.1 cm³/mol. The molecule has 1 N–H and O–H groups in total. The SMILES string of the molecule is CSc1ccc(NC(=O)c2cscn2)nc1. The molecular weight excluding hydrogens is 242 g/mol. The third-order valence-corrected chi connectivity index (χ3v) is 3.18. The maximum absolute atomic E-state index is 11.6. The molecule has 0 saturated carbocycles. The van der Waals surface area contributed by atoms with Crippen molar-refractivity contribution in [2.24, 2.45) is 0 Å². The largest absolute Gasteiger partial charge is 0.305 e. The first-order valence-electron chi connectivity index (χ1n) is 4.49. The highest BCUT2D eigenvalue weighted by molar-refractivity contribution is 7.98. The molecule has 0 fully saturated rings. The molecular formula is C10H9N3OS2. The monoisotopic (exact) mass is 251 g/mol. The first-order chi connectivity index (χ1) is 7.79. The Morgan fingerprint density at radius 1 is 1.44 bits per heavy atom. The van der Waals surface area contributed by atoms with Crippen molar-refractivity contribution in [3.05, 3.63) is 34.9 Å². The van der Waals surface area contributed by atoms with Gasteiger partial charge in [-0.1, -0.05) is 0 Å². The molecule has 0 radical (unpaired) electrons. The summed E-state index contributed by atoms with van der Waals surface area (Å²) in [6.07, 6.45) is 3.70. The molecule has 0 aliphatic carbocycles. The molecule has 0 unspecified atom stereocenters. The summed E-state index contributed by atoms with van der Waals surface area (Å²) in [5.41, 5.74) is 2.04. The molecule has 2 rings (SSSR count). The van der Waals surface area contributed by atoms with Crippen LogP contribution in [-0.2, 0) is 0 Å². The maximum Gasteiger partial charge on any atom is 0.276 e. The van der Waals surface area contributed by atoms with E-state index in [-0.39, 0.29) is 5.91 Å². The van der Waals surface area contributed by atoms with E-state index in [2.05, 4.69) is 15.3 Å². The zero-order valence-electron chi connectivity index (χ0n) is 8.51. The van der Waals surface area contributed by atoms with Crippen LogP contribution in [0.15, 0.2) is 34.1 Å². The first-order valence-corrected chi connectivity index (χ1v) is 6.66. The molecule has 1 amide bonds. The van der Waals surface area contributed by atoms with Crippen molar-refractivity contribution < 1.29 is 4.79 Å². The number of carbonyl (C=O) groups excluding carboxylic acids is 1. The van der Waals surface area contributed by atoms with Crippen LogP contribution in [0.4, 0.5) is 5.82 Å². The minimum atomic E-state index is -0.231. The van der Waals surface area contributed by atoms with Gasteiger partial charge in [-0.05, 0) is 18.4 Å². The number of aromatic nitrogens is 2. The third kappa shape index (κ3) is 2.59. The summed E-state index contributed by atoms with van der Waals surface area (Å²) in [4.78, 5) is 20.7. The van der Waals surface area contributed by atoms with Gasteiger partial charge in [0, 0.05) is 16.5 Å². The molecule has 2 heterocycles. The van der Waals surface area contributed by atoms with Gasteiger partial charge in [0.15, 0.2) is 0 Å². The van der Waals surface area contributed by atoms with Crippen LogP contribution in [0, 0.1) is 0 Å². The lowest BCUT2D eigenvalue weighted by atomic mass is 10.4. The highest BCUT2D eigenvalue weighted by Gasteiger charge is 2.08. The quantitative estimate of drug-likeness (QED) is 0.852. The molecule has 2 aromatic rings. The third-order valence-electron chi connectivity index (χ3n) is 1.88. The van der Waals surface area contributed by atoms with Gasteiger partial charge >= 0.3 is 0 Å². The van der Waals surface area contributed by atoms with Crippen LogP contribution in [0.3, 0.4) is 0 Å². The Hall–Kier alpha value is -1.40. The van der Waals surface area contributed by atoms with E-state index < -0.39 is 0 Å². The van der Waals surface area contributed by atoms with Crippen LogP contribution in [0.1, 0.15) is 10.5 Å². The number of pyridine rings is 1. The summed E-state index contributed by atoms with van der Waals surface area (Å²) in [6, 6.07) is 3.68. The van der Waals surface area contributed by atoms with Gasteiger partial charge in [0.2, 0.25) is 0 Å². The second-order valence-corrected chi connectivity index (χ2v) is 4.51. The van der Waals surface area contributed by atoms with Crippen LogP contribution in [-0.4, -0.2) is 22.1 Å². The topological polar surface area (TPSA) is 54.9 Å². The molecule has 0 spiro atoms. The highest BCUT2D eigenvalue weighted by Crippen LogP contribution is 2.15. The van der Waals surface area contributed by atoms with Crippen molar-refractivity contribution in [3.8, 4) is 0 Å². The smallest absolute Gasteiger partial charge is 0.276 e. The lowest BCUT2D eigenvalue weighted by molar-refractivity contribution is 0.102. The number of hydrogen-bond acceptors (Lipinski definition) is 5. The number of amides is 1. The molecule has 0 aliphatic rings. The normalized spacial score (nSPS) is 10.1. The molecule has 16 heavy (non-hydrogen) atoms. The Balaban J connectivity index is 2.06. The van der Waals surface area contributed by atoms with E-state index in [1.54, 1.807) is 34.9 Å². The van der Waals surface area contributed by atoms with Crippen LogP contribution < -0.4 is 5.32 Å². The summed E-state index contributed by atoms with van der Waals surface area (Å²) in [7, 11) is 0. The van der Waals surface area contributed by atoms with Crippen LogP contribution in [0.25, 0.3) is 0 Å². The second-order valence-electron chi connectivity index (χ2n) is 2.91. The van der Waals surface area contributed by atoms with E-state index in [4.69, 9.17) is 0 Å². The lowest BCUT2D eigenvalue weighted by Crippen LogP contribution is -2.12. The van der Waals surface area contributed by atoms with Crippen molar-refractivity contribution in [1.29, 1.82) is 0 Å². The molecule has 0 atom stereocenters. The fourth-order valence-electron chi connectivity index (χ4n) is 1.08. The molecule has 2 aromatic heterocycles. The molecule has 82 valence electrons. The van der Waals surface area contributed by atoms with Gasteiger partial charge in [0.1, 0.15) is 11.5 Å². The molecule has 0 aromatic carbocycles. The minimum absolute atomic E-state index is 0.231. The minimum Gasteiger partial charge on any atom is -0.305 e. The van der Waals surface area contributed by atoms with Crippen molar-refractivity contribution in [1.82, 2.24) is 9.97 Å². The number of thioether (sulfide) groups is 1. The average molecular weight is 251 g/mol. The van der Waals surface area contributed by atoms with Crippen molar-refractivity contribution in [2.45, 2.75) is 4.90 Å². The predicted octanol–water partition coefficient (Wildman–Crippen LogP) is 2.51. The van der Waals surface area contributed by atoms with E-state index in [1.807, 2.05) is 12.3 Å². The van der Waals surface area contributed by atoms with E-state index in [0.29, 0.717) is 11.5 Å². The van der Waals surface area contributed by atoms with Gasteiger partial charge in [0.05, 0.1) is 5.51 Å². The Morgan fingerprint density at radius 3 is 2.88 bits per heavy atom. The standard InChI is InChI=1S/C10H9N3OS2/c1-15-7-2-3-9(11-4-7)13-10(14)8-5-16-6-12-8/h2-6H,1H3,(H,11,13,14). The Labute approximate surface area is 101 Å². The van der Waals surface area contributed by atoms with Gasteiger partial charge in [-0.25, -0.2) is 9.97 Å². The number of nitrogens with one attached hydrogen (secondary N) is 1. The number of anilines is 1. The van der Waals surface area contributed by atoms with Gasteiger partial charge < -0.3 is 5.32 Å². The average Bonchev–Trinajstić information content (AvgIpc) is 2.83. The summed E-state index contributed by atoms with van der Waals surface area (Å²) < 4.78 is 0. The summed E-state index contributed by atoms with van der Waals surface area (Å²) in [6.45, 7) is 0. The highest BCUT2D eigenvalue weighted by atomic mass is 32.2. The van der Waals surface area contributed by atoms with Gasteiger partial charge in [-0.15, -0.1) is 23.1 Å². The summed E-state index contributed by atoms with van der Waals surface area (Å²) >= 11 is 3.00. The first kappa shape index (κ1) is 11.1. The lowest BCUT2D eigenvalue weighted by Gasteiger charge is -2.02. The van der Waals surface area contributed by atoms with Gasteiger partial charge in [-0.3, -0.25) is 4.79 Å². The van der Waals surface area contributed by atoms with E-state index in [1.165, 1.54) is 11.3 Å². The second kappa shape index (κ2) is 5.09. The van der Waals surface area contributed by atoms with Crippen LogP contribution in [0.5, 0.6) is 0 Å². The number of nitrogens with zero attached hydrogens (tertiary/aromatic N) is 2. The Kier molecular flexibility index (Phi) is 3.53. The number of rotatable bonds is 3. The molecule has 0 saturated heterocycles. The van der Waals surface area contributed by atoms with E-state index >= 15 is 0 Å². The Morgan fingerprint density at radius 2 is 2.31 bits per heavy atom. The van der Waals surface area contributed by atoms with E-state index in [0.717, 1.165) is 4.90 Å².